The maximum absolute atomic E-state index is 12.2. The van der Waals surface area contributed by atoms with Crippen molar-refractivity contribution in [2.24, 2.45) is 0 Å². The van der Waals surface area contributed by atoms with Crippen molar-refractivity contribution >= 4 is 17.7 Å². The summed E-state index contributed by atoms with van der Waals surface area (Å²) in [6, 6.07) is 9.84. The first-order valence-electron chi connectivity index (χ1n) is 8.26. The van der Waals surface area contributed by atoms with E-state index in [9.17, 15) is 14.4 Å². The van der Waals surface area contributed by atoms with E-state index < -0.39 is 17.5 Å². The molecule has 1 aromatic carbocycles. The van der Waals surface area contributed by atoms with Crippen LogP contribution in [0.1, 0.15) is 25.1 Å². The van der Waals surface area contributed by atoms with Crippen molar-refractivity contribution in [3.8, 4) is 0 Å². The van der Waals surface area contributed by atoms with E-state index in [2.05, 4.69) is 4.98 Å². The van der Waals surface area contributed by atoms with Crippen molar-refractivity contribution in [3.05, 3.63) is 62.9 Å². The maximum Gasteiger partial charge on any atom is 0.330 e. The molecule has 7 nitrogen and oxygen atoms in total. The standard InChI is InChI=1S/C18H20N2O5S/c1-11-9-20(18(23)19-17(11)22)16-8-15(14(25-16)10-24-12(2)21)26-13-6-4-3-5-7-13/h3-7,9,14-16H,8,10H2,1-2H3,(H,19,22,23). The first-order chi connectivity index (χ1) is 12.4. The summed E-state index contributed by atoms with van der Waals surface area (Å²) in [5.74, 6) is -0.377. The van der Waals surface area contributed by atoms with E-state index in [-0.39, 0.29) is 23.9 Å². The van der Waals surface area contributed by atoms with Crippen molar-refractivity contribution in [2.75, 3.05) is 6.61 Å². The van der Waals surface area contributed by atoms with Gasteiger partial charge in [0.05, 0.1) is 0 Å². The third kappa shape index (κ3) is 4.25. The first kappa shape index (κ1) is 18.5. The lowest BCUT2D eigenvalue weighted by Gasteiger charge is -2.18. The third-order valence-corrected chi connectivity index (χ3v) is 5.46. The van der Waals surface area contributed by atoms with Gasteiger partial charge in [-0.2, -0.15) is 0 Å². The Balaban J connectivity index is 1.83. The number of thioether (sulfide) groups is 1. The van der Waals surface area contributed by atoms with Crippen molar-refractivity contribution < 1.29 is 14.3 Å². The molecular formula is C18H20N2O5S. The van der Waals surface area contributed by atoms with Gasteiger partial charge in [0.2, 0.25) is 0 Å². The molecule has 0 radical (unpaired) electrons. The molecule has 1 N–H and O–H groups in total. The van der Waals surface area contributed by atoms with Gasteiger partial charge in [0, 0.05) is 35.3 Å². The molecule has 0 bridgehead atoms. The van der Waals surface area contributed by atoms with Crippen LogP contribution in [0.2, 0.25) is 0 Å². The molecule has 1 saturated heterocycles. The first-order valence-corrected chi connectivity index (χ1v) is 9.14. The number of hydrogen-bond donors (Lipinski definition) is 1. The zero-order valence-electron chi connectivity index (χ0n) is 14.5. The minimum absolute atomic E-state index is 0.000819. The highest BCUT2D eigenvalue weighted by Crippen LogP contribution is 2.39. The summed E-state index contributed by atoms with van der Waals surface area (Å²) < 4.78 is 12.5. The van der Waals surface area contributed by atoms with E-state index in [1.807, 2.05) is 30.3 Å². The van der Waals surface area contributed by atoms with Crippen LogP contribution in [0.3, 0.4) is 0 Å². The van der Waals surface area contributed by atoms with Gasteiger partial charge in [-0.05, 0) is 19.1 Å². The lowest BCUT2D eigenvalue weighted by Crippen LogP contribution is -2.33. The number of benzene rings is 1. The second kappa shape index (κ2) is 7.92. The Morgan fingerprint density at radius 1 is 1.35 bits per heavy atom. The number of aryl methyl sites for hydroxylation is 1. The van der Waals surface area contributed by atoms with Crippen LogP contribution < -0.4 is 11.2 Å². The van der Waals surface area contributed by atoms with Gasteiger partial charge in [-0.15, -0.1) is 11.8 Å². The van der Waals surface area contributed by atoms with Crippen LogP contribution in [0.5, 0.6) is 0 Å². The monoisotopic (exact) mass is 376 g/mol. The minimum atomic E-state index is -0.528. The van der Waals surface area contributed by atoms with Gasteiger partial charge >= 0.3 is 11.7 Å². The van der Waals surface area contributed by atoms with E-state index in [0.717, 1.165) is 4.90 Å². The third-order valence-electron chi connectivity index (χ3n) is 4.12. The molecule has 138 valence electrons. The topological polar surface area (TPSA) is 90.4 Å². The second-order valence-electron chi connectivity index (χ2n) is 6.12. The number of aromatic amines is 1. The summed E-state index contributed by atoms with van der Waals surface area (Å²) in [4.78, 5) is 38.3. The molecule has 3 unspecified atom stereocenters. The Labute approximate surface area is 154 Å². The van der Waals surface area contributed by atoms with Crippen LogP contribution in [0, 0.1) is 6.92 Å². The zero-order chi connectivity index (χ0) is 18.7. The average Bonchev–Trinajstić information content (AvgIpc) is 2.99. The minimum Gasteiger partial charge on any atom is -0.463 e. The van der Waals surface area contributed by atoms with E-state index in [0.29, 0.717) is 12.0 Å². The van der Waals surface area contributed by atoms with Gasteiger partial charge in [-0.3, -0.25) is 19.1 Å². The molecule has 0 spiro atoms. The summed E-state index contributed by atoms with van der Waals surface area (Å²) in [7, 11) is 0. The SMILES string of the molecule is CC(=O)OCC1OC(n2cc(C)c(=O)[nH]c2=O)CC1Sc1ccccc1. The Morgan fingerprint density at radius 2 is 2.08 bits per heavy atom. The zero-order valence-corrected chi connectivity index (χ0v) is 15.3. The van der Waals surface area contributed by atoms with Gasteiger partial charge in [-0.25, -0.2) is 4.79 Å². The summed E-state index contributed by atoms with van der Waals surface area (Å²) in [5, 5.41) is 0.000819. The Hall–Kier alpha value is -2.32. The highest BCUT2D eigenvalue weighted by molar-refractivity contribution is 8.00. The van der Waals surface area contributed by atoms with Crippen LogP contribution in [0.15, 0.2) is 51.0 Å². The normalized spacial score (nSPS) is 22.3. The average molecular weight is 376 g/mol. The molecule has 2 aromatic rings. The molecule has 0 amide bonds. The highest BCUT2D eigenvalue weighted by Gasteiger charge is 2.38. The van der Waals surface area contributed by atoms with E-state index >= 15 is 0 Å². The summed E-state index contributed by atoms with van der Waals surface area (Å²) >= 11 is 1.62. The smallest absolute Gasteiger partial charge is 0.330 e. The van der Waals surface area contributed by atoms with Crippen LogP contribution in [-0.4, -0.2) is 33.5 Å². The van der Waals surface area contributed by atoms with Crippen LogP contribution in [0.25, 0.3) is 0 Å². The van der Waals surface area contributed by atoms with Crippen molar-refractivity contribution in [1.82, 2.24) is 9.55 Å². The molecular weight excluding hydrogens is 356 g/mol. The number of carbonyl (C=O) groups excluding carboxylic acids is 1. The molecule has 1 fully saturated rings. The van der Waals surface area contributed by atoms with E-state index in [1.165, 1.54) is 17.7 Å². The van der Waals surface area contributed by atoms with E-state index in [4.69, 9.17) is 9.47 Å². The Kier molecular flexibility index (Phi) is 5.63. The van der Waals surface area contributed by atoms with Gasteiger partial charge in [0.1, 0.15) is 18.9 Å². The number of nitrogens with zero attached hydrogens (tertiary/aromatic N) is 1. The fraction of sp³-hybridized carbons (Fsp3) is 0.389. The molecule has 8 heteroatoms. The van der Waals surface area contributed by atoms with Gasteiger partial charge in [0.15, 0.2) is 0 Å². The highest BCUT2D eigenvalue weighted by atomic mass is 32.2. The molecule has 0 aliphatic carbocycles. The van der Waals surface area contributed by atoms with E-state index in [1.54, 1.807) is 18.7 Å². The number of nitrogens with one attached hydrogen (secondary N) is 1. The van der Waals surface area contributed by atoms with Crippen LogP contribution >= 0.6 is 11.8 Å². The molecule has 1 aliphatic rings. The number of esters is 1. The molecule has 26 heavy (non-hydrogen) atoms. The lowest BCUT2D eigenvalue weighted by atomic mass is 10.2. The van der Waals surface area contributed by atoms with Gasteiger partial charge in [-0.1, -0.05) is 18.2 Å². The van der Waals surface area contributed by atoms with Crippen molar-refractivity contribution in [1.29, 1.82) is 0 Å². The number of hydrogen-bond acceptors (Lipinski definition) is 6. The van der Waals surface area contributed by atoms with Crippen molar-refractivity contribution in [2.45, 2.75) is 42.7 Å². The second-order valence-corrected chi connectivity index (χ2v) is 7.43. The fourth-order valence-corrected chi connectivity index (χ4v) is 4.04. The van der Waals surface area contributed by atoms with Gasteiger partial charge < -0.3 is 9.47 Å². The maximum atomic E-state index is 12.2. The number of aromatic nitrogens is 2. The number of rotatable bonds is 5. The molecule has 2 heterocycles. The lowest BCUT2D eigenvalue weighted by molar-refractivity contribution is -0.145. The molecule has 3 rings (SSSR count). The largest absolute Gasteiger partial charge is 0.463 e. The predicted molar refractivity (Wildman–Crippen MR) is 97.3 cm³/mol. The van der Waals surface area contributed by atoms with Crippen LogP contribution in [0.4, 0.5) is 0 Å². The number of ether oxygens (including phenoxy) is 2. The Morgan fingerprint density at radius 3 is 2.77 bits per heavy atom. The number of carbonyl (C=O) groups is 1. The Bertz CT molecular complexity index is 892. The van der Waals surface area contributed by atoms with Crippen molar-refractivity contribution in [3.63, 3.8) is 0 Å². The summed E-state index contributed by atoms with van der Waals surface area (Å²) in [5.41, 5.74) is -0.484. The van der Waals surface area contributed by atoms with Gasteiger partial charge in [0.25, 0.3) is 5.56 Å². The fourth-order valence-electron chi connectivity index (χ4n) is 2.82. The predicted octanol–water partition coefficient (Wildman–Crippen LogP) is 1.86. The quantitative estimate of drug-likeness (QED) is 0.801. The molecule has 3 atom stereocenters. The molecule has 1 aromatic heterocycles. The van der Waals surface area contributed by atoms with Crippen LogP contribution in [-0.2, 0) is 14.3 Å². The summed E-state index contributed by atoms with van der Waals surface area (Å²) in [6.07, 6.45) is 1.18. The molecule has 1 aliphatic heterocycles. The molecule has 0 saturated carbocycles. The number of H-pyrrole nitrogens is 1. The summed E-state index contributed by atoms with van der Waals surface area (Å²) in [6.45, 7) is 3.10.